The zero-order chi connectivity index (χ0) is 18.3. The van der Waals surface area contributed by atoms with Crippen LogP contribution in [-0.4, -0.2) is 36.5 Å². The molecule has 26 heavy (non-hydrogen) atoms. The number of aryl methyl sites for hydroxylation is 1. The van der Waals surface area contributed by atoms with Gasteiger partial charge in [-0.1, -0.05) is 24.3 Å². The number of fused-ring (bicyclic) bond motifs is 2. The van der Waals surface area contributed by atoms with Gasteiger partial charge in [-0.3, -0.25) is 4.79 Å². The van der Waals surface area contributed by atoms with Crippen molar-refractivity contribution in [2.45, 2.75) is 23.8 Å². The van der Waals surface area contributed by atoms with Crippen LogP contribution < -0.4 is 5.32 Å². The van der Waals surface area contributed by atoms with Crippen LogP contribution >= 0.6 is 0 Å². The minimum Gasteiger partial charge on any atom is -0.359 e. The third kappa shape index (κ3) is 2.94. The van der Waals surface area contributed by atoms with Crippen LogP contribution in [0.2, 0.25) is 0 Å². The van der Waals surface area contributed by atoms with E-state index in [1.165, 1.54) is 12.4 Å². The second-order valence-electron chi connectivity index (χ2n) is 6.43. The highest BCUT2D eigenvalue weighted by molar-refractivity contribution is 7.90. The Morgan fingerprint density at radius 3 is 2.73 bits per heavy atom. The number of anilines is 1. The van der Waals surface area contributed by atoms with E-state index in [2.05, 4.69) is 15.3 Å². The van der Waals surface area contributed by atoms with E-state index in [4.69, 9.17) is 0 Å². The van der Waals surface area contributed by atoms with Crippen LogP contribution in [0.5, 0.6) is 0 Å². The van der Waals surface area contributed by atoms with E-state index in [1.54, 1.807) is 12.1 Å². The Hall–Kier alpha value is -2.80. The van der Waals surface area contributed by atoms with Gasteiger partial charge >= 0.3 is 0 Å². The Morgan fingerprint density at radius 2 is 1.92 bits per heavy atom. The van der Waals surface area contributed by atoms with Gasteiger partial charge in [0.15, 0.2) is 15.6 Å². The number of aromatic nitrogens is 2. The molecule has 1 N–H and O–H groups in total. The molecule has 0 amide bonds. The van der Waals surface area contributed by atoms with Gasteiger partial charge in [-0.05, 0) is 36.6 Å². The first-order valence-corrected chi connectivity index (χ1v) is 10.2. The monoisotopic (exact) mass is 367 g/mol. The number of hydrogen-bond donors (Lipinski definition) is 1. The Morgan fingerprint density at radius 1 is 1.12 bits per heavy atom. The van der Waals surface area contributed by atoms with Gasteiger partial charge < -0.3 is 5.32 Å². The second-order valence-corrected chi connectivity index (χ2v) is 8.45. The summed E-state index contributed by atoms with van der Waals surface area (Å²) in [5.74, 6) is 0.496. The number of benzene rings is 2. The summed E-state index contributed by atoms with van der Waals surface area (Å²) in [6.45, 7) is 0. The molecule has 3 aromatic rings. The fraction of sp³-hybridized carbons (Fsp3) is 0.211. The smallest absolute Gasteiger partial charge is 0.185 e. The molecule has 6 nitrogen and oxygen atoms in total. The van der Waals surface area contributed by atoms with Crippen molar-refractivity contribution < 1.29 is 13.2 Å². The average molecular weight is 367 g/mol. The van der Waals surface area contributed by atoms with Gasteiger partial charge in [0.1, 0.15) is 12.1 Å². The van der Waals surface area contributed by atoms with Crippen molar-refractivity contribution in [3.63, 3.8) is 0 Å². The Kier molecular flexibility index (Phi) is 3.96. The highest BCUT2D eigenvalue weighted by Gasteiger charge is 2.27. The summed E-state index contributed by atoms with van der Waals surface area (Å²) in [5, 5.41) is 3.78. The Labute approximate surface area is 151 Å². The first-order chi connectivity index (χ1) is 12.4. The molecule has 1 atom stereocenters. The fourth-order valence-electron chi connectivity index (χ4n) is 3.28. The van der Waals surface area contributed by atoms with Crippen molar-refractivity contribution >= 4 is 32.3 Å². The zero-order valence-electron chi connectivity index (χ0n) is 14.1. The third-order valence-electron chi connectivity index (χ3n) is 4.65. The van der Waals surface area contributed by atoms with Crippen molar-refractivity contribution in [2.24, 2.45) is 0 Å². The summed E-state index contributed by atoms with van der Waals surface area (Å²) < 4.78 is 23.7. The van der Waals surface area contributed by atoms with E-state index >= 15 is 0 Å². The summed E-state index contributed by atoms with van der Waals surface area (Å²) in [4.78, 5) is 21.4. The quantitative estimate of drug-likeness (QED) is 0.765. The molecule has 1 heterocycles. The van der Waals surface area contributed by atoms with E-state index in [0.29, 0.717) is 23.1 Å². The lowest BCUT2D eigenvalue weighted by molar-refractivity contribution is 0.0957. The molecule has 7 heteroatoms. The zero-order valence-corrected chi connectivity index (χ0v) is 15.0. The summed E-state index contributed by atoms with van der Waals surface area (Å²) in [7, 11) is -3.35. The third-order valence-corrected chi connectivity index (χ3v) is 5.76. The maximum atomic E-state index is 12.8. The Balaban J connectivity index is 1.73. The molecule has 0 bridgehead atoms. The van der Waals surface area contributed by atoms with Crippen molar-refractivity contribution in [2.75, 3.05) is 11.6 Å². The summed E-state index contributed by atoms with van der Waals surface area (Å²) >= 11 is 0. The molecule has 132 valence electrons. The van der Waals surface area contributed by atoms with Crippen LogP contribution in [0.25, 0.3) is 10.9 Å². The maximum Gasteiger partial charge on any atom is 0.185 e. The molecular weight excluding hydrogens is 350 g/mol. The molecule has 1 aromatic heterocycles. The lowest BCUT2D eigenvalue weighted by Crippen LogP contribution is -2.34. The van der Waals surface area contributed by atoms with Crippen LogP contribution in [0, 0.1) is 0 Å². The molecule has 1 unspecified atom stereocenters. The van der Waals surface area contributed by atoms with Gasteiger partial charge in [0.05, 0.1) is 16.5 Å². The van der Waals surface area contributed by atoms with Crippen LogP contribution in [0.1, 0.15) is 22.3 Å². The van der Waals surface area contributed by atoms with Gasteiger partial charge in [0, 0.05) is 17.2 Å². The number of Topliss-reactive ketones (excluding diaryl/α,β-unsaturated/α-hetero) is 1. The molecule has 1 aliphatic carbocycles. The van der Waals surface area contributed by atoms with E-state index < -0.39 is 15.9 Å². The van der Waals surface area contributed by atoms with E-state index in [1.807, 2.05) is 24.3 Å². The van der Waals surface area contributed by atoms with Crippen molar-refractivity contribution in [1.82, 2.24) is 9.97 Å². The number of sulfone groups is 1. The SMILES string of the molecule is CS(=O)(=O)c1ccc2ncnc(NC3CCc4ccccc4C3=O)c2c1. The minimum atomic E-state index is -3.35. The van der Waals surface area contributed by atoms with Gasteiger partial charge in [-0.2, -0.15) is 0 Å². The average Bonchev–Trinajstić information content (AvgIpc) is 2.63. The van der Waals surface area contributed by atoms with Gasteiger partial charge in [0.2, 0.25) is 0 Å². The van der Waals surface area contributed by atoms with Crippen molar-refractivity contribution in [3.8, 4) is 0 Å². The summed E-state index contributed by atoms with van der Waals surface area (Å²) in [6.07, 6.45) is 4.03. The first kappa shape index (κ1) is 16.7. The predicted octanol–water partition coefficient (Wildman–Crippen LogP) is 2.64. The number of carbonyl (C=O) groups is 1. The van der Waals surface area contributed by atoms with E-state index in [0.717, 1.165) is 23.8 Å². The number of rotatable bonds is 3. The van der Waals surface area contributed by atoms with Crippen LogP contribution in [-0.2, 0) is 16.3 Å². The standard InChI is InChI=1S/C19H17N3O3S/c1-26(24,25)13-7-9-16-15(10-13)19(21-11-20-16)22-17-8-6-12-4-2-3-5-14(12)18(17)23/h2-5,7,9-11,17H,6,8H2,1H3,(H,20,21,22). The van der Waals surface area contributed by atoms with Crippen LogP contribution in [0.15, 0.2) is 53.7 Å². The predicted molar refractivity (Wildman–Crippen MR) is 99.2 cm³/mol. The summed E-state index contributed by atoms with van der Waals surface area (Å²) in [5.41, 5.74) is 2.41. The highest BCUT2D eigenvalue weighted by atomic mass is 32.2. The van der Waals surface area contributed by atoms with Crippen molar-refractivity contribution in [3.05, 3.63) is 59.9 Å². The van der Waals surface area contributed by atoms with Gasteiger partial charge in [-0.25, -0.2) is 18.4 Å². The topological polar surface area (TPSA) is 89.0 Å². The molecule has 1 aliphatic rings. The van der Waals surface area contributed by atoms with E-state index in [-0.39, 0.29) is 10.7 Å². The summed E-state index contributed by atoms with van der Waals surface area (Å²) in [6, 6.07) is 11.9. The normalized spacial score (nSPS) is 17.1. The largest absolute Gasteiger partial charge is 0.359 e. The maximum absolute atomic E-state index is 12.8. The molecular formula is C19H17N3O3S. The first-order valence-electron chi connectivity index (χ1n) is 8.27. The molecule has 0 saturated heterocycles. The molecule has 0 spiro atoms. The molecule has 2 aromatic carbocycles. The number of nitrogens with zero attached hydrogens (tertiary/aromatic N) is 2. The molecule has 0 saturated carbocycles. The van der Waals surface area contributed by atoms with Crippen LogP contribution in [0.4, 0.5) is 5.82 Å². The minimum absolute atomic E-state index is 0.0258. The number of ketones is 1. The Bertz CT molecular complexity index is 1130. The van der Waals surface area contributed by atoms with Gasteiger partial charge in [0.25, 0.3) is 0 Å². The van der Waals surface area contributed by atoms with Crippen molar-refractivity contribution in [1.29, 1.82) is 0 Å². The lowest BCUT2D eigenvalue weighted by Gasteiger charge is -2.25. The number of nitrogens with one attached hydrogen (secondary N) is 1. The number of hydrogen-bond acceptors (Lipinski definition) is 6. The molecule has 0 fully saturated rings. The fourth-order valence-corrected chi connectivity index (χ4v) is 3.93. The number of carbonyl (C=O) groups excluding carboxylic acids is 1. The molecule has 0 aliphatic heterocycles. The highest BCUT2D eigenvalue weighted by Crippen LogP contribution is 2.27. The lowest BCUT2D eigenvalue weighted by atomic mass is 9.87. The second kappa shape index (κ2) is 6.17. The van der Waals surface area contributed by atoms with Gasteiger partial charge in [-0.15, -0.1) is 0 Å². The van der Waals surface area contributed by atoms with E-state index in [9.17, 15) is 13.2 Å². The van der Waals surface area contributed by atoms with Crippen LogP contribution in [0.3, 0.4) is 0 Å². The molecule has 0 radical (unpaired) electrons. The molecule has 4 rings (SSSR count).